The first-order chi connectivity index (χ1) is 13.0. The molecular formula is C20H33IN4O3. The molecule has 8 heteroatoms. The van der Waals surface area contributed by atoms with E-state index in [1.165, 1.54) is 11.1 Å². The van der Waals surface area contributed by atoms with Crippen LogP contribution in [0.1, 0.15) is 30.9 Å². The van der Waals surface area contributed by atoms with Gasteiger partial charge in [-0.15, -0.1) is 24.0 Å². The molecule has 0 unspecified atom stereocenters. The van der Waals surface area contributed by atoms with Crippen molar-refractivity contribution in [3.8, 4) is 11.5 Å². The van der Waals surface area contributed by atoms with Crippen LogP contribution >= 0.6 is 24.0 Å². The van der Waals surface area contributed by atoms with Crippen LogP contribution in [0.3, 0.4) is 0 Å². The number of ether oxygens (including phenoxy) is 2. The number of aliphatic imine (C=N–C) groups is 1. The number of hydrogen-bond donors (Lipinski definition) is 1. The average molecular weight is 504 g/mol. The first-order valence-electron chi connectivity index (χ1n) is 9.47. The van der Waals surface area contributed by atoms with E-state index in [-0.39, 0.29) is 36.4 Å². The van der Waals surface area contributed by atoms with Gasteiger partial charge in [0.05, 0.1) is 14.2 Å². The number of nitrogens with one attached hydrogen (secondary N) is 1. The summed E-state index contributed by atoms with van der Waals surface area (Å²) < 4.78 is 10.9. The van der Waals surface area contributed by atoms with Crippen molar-refractivity contribution in [2.24, 2.45) is 4.99 Å². The van der Waals surface area contributed by atoms with Crippen LogP contribution in [0.5, 0.6) is 11.5 Å². The molecule has 0 fully saturated rings. The van der Waals surface area contributed by atoms with E-state index in [1.807, 2.05) is 6.07 Å². The molecule has 7 nitrogen and oxygen atoms in total. The molecule has 1 aromatic carbocycles. The fourth-order valence-electron chi connectivity index (χ4n) is 2.99. The van der Waals surface area contributed by atoms with Gasteiger partial charge in [0.25, 0.3) is 0 Å². The van der Waals surface area contributed by atoms with Crippen molar-refractivity contribution in [3.05, 3.63) is 23.3 Å². The van der Waals surface area contributed by atoms with Gasteiger partial charge in [-0.1, -0.05) is 13.3 Å². The molecule has 1 heterocycles. The Morgan fingerprint density at radius 3 is 2.43 bits per heavy atom. The van der Waals surface area contributed by atoms with Crippen molar-refractivity contribution in [2.75, 3.05) is 47.9 Å². The minimum Gasteiger partial charge on any atom is -0.493 e. The SMILES string of the molecule is CCCCNC(=NCC(=O)N(C)C)N1CCc2cc(OC)c(OC)cc2C1.I. The number of carbonyl (C=O) groups is 1. The van der Waals surface area contributed by atoms with Gasteiger partial charge in [-0.25, -0.2) is 4.99 Å². The lowest BCUT2D eigenvalue weighted by molar-refractivity contribution is -0.127. The normalized spacial score (nSPS) is 13.3. The summed E-state index contributed by atoms with van der Waals surface area (Å²) in [6, 6.07) is 4.09. The van der Waals surface area contributed by atoms with E-state index in [0.29, 0.717) is 0 Å². The first-order valence-corrected chi connectivity index (χ1v) is 9.47. The van der Waals surface area contributed by atoms with Crippen LogP contribution in [0.4, 0.5) is 0 Å². The van der Waals surface area contributed by atoms with Crippen molar-refractivity contribution < 1.29 is 14.3 Å². The number of guanidine groups is 1. The molecule has 2 rings (SSSR count). The number of fused-ring (bicyclic) bond motifs is 1. The number of unbranched alkanes of at least 4 members (excludes halogenated alkanes) is 1. The summed E-state index contributed by atoms with van der Waals surface area (Å²) in [5.74, 6) is 2.28. The zero-order valence-electron chi connectivity index (χ0n) is 17.6. The molecular weight excluding hydrogens is 471 g/mol. The Bertz CT molecular complexity index is 680. The van der Waals surface area contributed by atoms with Crippen LogP contribution in [0.2, 0.25) is 0 Å². The van der Waals surface area contributed by atoms with E-state index in [9.17, 15) is 4.79 Å². The zero-order valence-corrected chi connectivity index (χ0v) is 19.9. The van der Waals surface area contributed by atoms with Crippen molar-refractivity contribution >= 4 is 35.8 Å². The molecule has 0 radical (unpaired) electrons. The monoisotopic (exact) mass is 504 g/mol. The van der Waals surface area contributed by atoms with Gasteiger partial charge in [0, 0.05) is 33.7 Å². The summed E-state index contributed by atoms with van der Waals surface area (Å²) in [4.78, 5) is 20.3. The highest BCUT2D eigenvalue weighted by Gasteiger charge is 2.22. The second-order valence-electron chi connectivity index (χ2n) is 6.86. The first kappa shape index (κ1) is 24.3. The fraction of sp³-hybridized carbons (Fsp3) is 0.600. The Hall–Kier alpha value is -1.71. The summed E-state index contributed by atoms with van der Waals surface area (Å²) in [6.07, 6.45) is 3.07. The van der Waals surface area contributed by atoms with E-state index in [0.717, 1.165) is 56.4 Å². The molecule has 1 amide bonds. The number of hydrogen-bond acceptors (Lipinski definition) is 4. The third-order valence-corrected chi connectivity index (χ3v) is 4.69. The molecule has 0 aliphatic carbocycles. The number of carbonyl (C=O) groups excluding carboxylic acids is 1. The van der Waals surface area contributed by atoms with Crippen molar-refractivity contribution in [2.45, 2.75) is 32.7 Å². The Morgan fingerprint density at radius 1 is 1.21 bits per heavy atom. The van der Waals surface area contributed by atoms with Crippen LogP contribution in [0.25, 0.3) is 0 Å². The van der Waals surface area contributed by atoms with Crippen LogP contribution in [-0.4, -0.2) is 69.6 Å². The Kier molecular flexibility index (Phi) is 10.4. The molecule has 1 aliphatic rings. The van der Waals surface area contributed by atoms with Gasteiger partial charge in [0.2, 0.25) is 5.91 Å². The number of benzene rings is 1. The number of amides is 1. The highest BCUT2D eigenvalue weighted by Crippen LogP contribution is 2.33. The quantitative estimate of drug-likeness (QED) is 0.268. The van der Waals surface area contributed by atoms with Gasteiger partial charge < -0.3 is 24.6 Å². The second kappa shape index (κ2) is 12.0. The van der Waals surface area contributed by atoms with Gasteiger partial charge in [0.1, 0.15) is 6.54 Å². The zero-order chi connectivity index (χ0) is 19.8. The molecule has 158 valence electrons. The number of nitrogens with zero attached hydrogens (tertiary/aromatic N) is 3. The van der Waals surface area contributed by atoms with Gasteiger partial charge in [-0.3, -0.25) is 4.79 Å². The van der Waals surface area contributed by atoms with E-state index in [4.69, 9.17) is 9.47 Å². The minimum absolute atomic E-state index is 0. The summed E-state index contributed by atoms with van der Waals surface area (Å²) in [6.45, 7) is 4.72. The lowest BCUT2D eigenvalue weighted by atomic mass is 9.99. The summed E-state index contributed by atoms with van der Waals surface area (Å²) in [5.41, 5.74) is 2.46. The van der Waals surface area contributed by atoms with Gasteiger partial charge in [-0.05, 0) is 36.1 Å². The molecule has 1 N–H and O–H groups in total. The van der Waals surface area contributed by atoms with E-state index < -0.39 is 0 Å². The van der Waals surface area contributed by atoms with E-state index in [1.54, 1.807) is 33.2 Å². The highest BCUT2D eigenvalue weighted by molar-refractivity contribution is 14.0. The largest absolute Gasteiger partial charge is 0.493 e. The second-order valence-corrected chi connectivity index (χ2v) is 6.86. The smallest absolute Gasteiger partial charge is 0.243 e. The van der Waals surface area contributed by atoms with E-state index in [2.05, 4.69) is 28.2 Å². The van der Waals surface area contributed by atoms with E-state index >= 15 is 0 Å². The summed E-state index contributed by atoms with van der Waals surface area (Å²) in [5, 5.41) is 3.42. The Morgan fingerprint density at radius 2 is 1.86 bits per heavy atom. The van der Waals surface area contributed by atoms with Gasteiger partial charge in [-0.2, -0.15) is 0 Å². The molecule has 0 spiro atoms. The molecule has 0 saturated carbocycles. The maximum Gasteiger partial charge on any atom is 0.243 e. The fourth-order valence-corrected chi connectivity index (χ4v) is 2.99. The third kappa shape index (κ3) is 6.42. The molecule has 0 aromatic heterocycles. The Balaban J connectivity index is 0.00000392. The molecule has 1 aromatic rings. The molecule has 0 saturated heterocycles. The molecule has 0 bridgehead atoms. The standard InChI is InChI=1S/C20H32N4O3.HI/c1-6-7-9-21-20(22-13-19(25)23(2)3)24-10-8-15-11-17(26-4)18(27-5)12-16(15)14-24;/h11-12H,6-10,13-14H2,1-5H3,(H,21,22);1H. The number of likely N-dealkylation sites (N-methyl/N-ethyl adjacent to an activating group) is 1. The van der Waals surface area contributed by atoms with Crippen LogP contribution < -0.4 is 14.8 Å². The predicted octanol–water partition coefficient (Wildman–Crippen LogP) is 2.51. The number of rotatable bonds is 7. The van der Waals surface area contributed by atoms with Crippen molar-refractivity contribution in [1.29, 1.82) is 0 Å². The predicted molar refractivity (Wildman–Crippen MR) is 123 cm³/mol. The number of halogens is 1. The highest BCUT2D eigenvalue weighted by atomic mass is 127. The van der Waals surface area contributed by atoms with Gasteiger partial charge >= 0.3 is 0 Å². The third-order valence-electron chi connectivity index (χ3n) is 4.69. The average Bonchev–Trinajstić information content (AvgIpc) is 2.68. The van der Waals surface area contributed by atoms with Crippen molar-refractivity contribution in [1.82, 2.24) is 15.1 Å². The lowest BCUT2D eigenvalue weighted by Gasteiger charge is -2.32. The minimum atomic E-state index is -0.00592. The topological polar surface area (TPSA) is 66.4 Å². The Labute approximate surface area is 185 Å². The summed E-state index contributed by atoms with van der Waals surface area (Å²) in [7, 11) is 6.80. The van der Waals surface area contributed by atoms with Crippen LogP contribution in [-0.2, 0) is 17.8 Å². The van der Waals surface area contributed by atoms with Crippen molar-refractivity contribution in [3.63, 3.8) is 0 Å². The number of methoxy groups -OCH3 is 2. The maximum absolute atomic E-state index is 12.0. The molecule has 28 heavy (non-hydrogen) atoms. The van der Waals surface area contributed by atoms with Crippen LogP contribution in [0, 0.1) is 0 Å². The summed E-state index contributed by atoms with van der Waals surface area (Å²) >= 11 is 0. The van der Waals surface area contributed by atoms with Gasteiger partial charge in [0.15, 0.2) is 17.5 Å². The van der Waals surface area contributed by atoms with Crippen LogP contribution in [0.15, 0.2) is 17.1 Å². The molecule has 1 aliphatic heterocycles. The maximum atomic E-state index is 12.0. The lowest BCUT2D eigenvalue weighted by Crippen LogP contribution is -2.45. The molecule has 0 atom stereocenters.